The van der Waals surface area contributed by atoms with Gasteiger partial charge < -0.3 is 10.1 Å². The average molecular weight is 417 g/mol. The number of alkyl halides is 3. The summed E-state index contributed by atoms with van der Waals surface area (Å²) in [6.45, 7) is -0.439. The van der Waals surface area contributed by atoms with Crippen molar-refractivity contribution in [2.45, 2.75) is 6.18 Å². The van der Waals surface area contributed by atoms with Crippen molar-refractivity contribution < 1.29 is 22.7 Å². The van der Waals surface area contributed by atoms with Crippen molar-refractivity contribution in [2.75, 3.05) is 11.9 Å². The Morgan fingerprint density at radius 3 is 2.73 bits per heavy atom. The second-order valence-electron chi connectivity index (χ2n) is 6.21. The molecule has 4 aromatic heterocycles. The smallest absolute Gasteiger partial charge is 0.433 e. The fraction of sp³-hybridized carbons (Fsp3) is 0.167. The zero-order valence-electron chi connectivity index (χ0n) is 15.5. The molecule has 0 fully saturated rings. The normalized spacial score (nSPS) is 11.6. The number of aromatic nitrogens is 6. The molecule has 1 N–H and O–H groups in total. The maximum absolute atomic E-state index is 12.8. The van der Waals surface area contributed by atoms with E-state index >= 15 is 0 Å². The van der Waals surface area contributed by atoms with Gasteiger partial charge in [-0.05, 0) is 6.07 Å². The molecule has 0 aliphatic carbocycles. The van der Waals surface area contributed by atoms with Crippen LogP contribution in [0.1, 0.15) is 5.69 Å². The van der Waals surface area contributed by atoms with Crippen LogP contribution in [-0.4, -0.2) is 41.6 Å². The van der Waals surface area contributed by atoms with Crippen LogP contribution >= 0.6 is 0 Å². The monoisotopic (exact) mass is 417 g/mol. The summed E-state index contributed by atoms with van der Waals surface area (Å²) in [6, 6.07) is 4.07. The number of hydrogen-bond acceptors (Lipinski definition) is 6. The van der Waals surface area contributed by atoms with Crippen LogP contribution in [0.25, 0.3) is 16.9 Å². The van der Waals surface area contributed by atoms with Crippen molar-refractivity contribution in [1.82, 2.24) is 29.1 Å². The molecule has 0 aliphatic heterocycles. The van der Waals surface area contributed by atoms with Crippen molar-refractivity contribution in [2.24, 2.45) is 7.05 Å². The predicted octanol–water partition coefficient (Wildman–Crippen LogP) is 2.56. The van der Waals surface area contributed by atoms with E-state index in [9.17, 15) is 18.0 Å². The van der Waals surface area contributed by atoms with Gasteiger partial charge in [0.25, 0.3) is 5.91 Å². The highest BCUT2D eigenvalue weighted by molar-refractivity contribution is 5.91. The molecule has 4 aromatic rings. The lowest BCUT2D eigenvalue weighted by Gasteiger charge is -2.06. The van der Waals surface area contributed by atoms with Crippen molar-refractivity contribution >= 4 is 17.4 Å². The predicted molar refractivity (Wildman–Crippen MR) is 98.6 cm³/mol. The highest BCUT2D eigenvalue weighted by Crippen LogP contribution is 2.30. The van der Waals surface area contributed by atoms with Crippen LogP contribution in [0.3, 0.4) is 0 Å². The van der Waals surface area contributed by atoms with Crippen molar-refractivity contribution in [1.29, 1.82) is 0 Å². The standard InChI is InChI=1S/C18H14F3N7O2/c1-27-13(18(19,20)21)6-14(26-27)25-16(29)10-30-17-3-2-11(7-24-17)12-8-23-15-9-22-4-5-28(12)15/h2-9H,10H2,1H3,(H,25,26,29). The van der Waals surface area contributed by atoms with Gasteiger partial charge >= 0.3 is 6.18 Å². The molecule has 1 amide bonds. The zero-order chi connectivity index (χ0) is 21.3. The lowest BCUT2D eigenvalue weighted by molar-refractivity contribution is -0.143. The number of nitrogens with zero attached hydrogens (tertiary/aromatic N) is 6. The summed E-state index contributed by atoms with van der Waals surface area (Å²) in [6.07, 6.45) is 3.72. The number of rotatable bonds is 5. The van der Waals surface area contributed by atoms with Gasteiger partial charge in [0.2, 0.25) is 5.88 Å². The molecule has 4 heterocycles. The zero-order valence-corrected chi connectivity index (χ0v) is 15.5. The summed E-state index contributed by atoms with van der Waals surface area (Å²) in [5.74, 6) is -0.702. The SMILES string of the molecule is Cn1nc(NC(=O)COc2ccc(-c3cnc4cnccn34)cn2)cc1C(F)(F)F. The molecule has 12 heteroatoms. The molecular formula is C18H14F3N7O2. The van der Waals surface area contributed by atoms with Gasteiger partial charge in [0.05, 0.1) is 18.1 Å². The molecular weight excluding hydrogens is 403 g/mol. The van der Waals surface area contributed by atoms with Gasteiger partial charge in [0.15, 0.2) is 18.1 Å². The van der Waals surface area contributed by atoms with E-state index in [2.05, 4.69) is 25.4 Å². The number of carbonyl (C=O) groups excluding carboxylic acids is 1. The second-order valence-corrected chi connectivity index (χ2v) is 6.21. The van der Waals surface area contributed by atoms with Gasteiger partial charge in [0, 0.05) is 43.3 Å². The summed E-state index contributed by atoms with van der Waals surface area (Å²) in [5.41, 5.74) is 1.30. The average Bonchev–Trinajstić information content (AvgIpc) is 3.30. The van der Waals surface area contributed by atoms with E-state index in [1.54, 1.807) is 43.1 Å². The lowest BCUT2D eigenvalue weighted by atomic mass is 10.2. The molecule has 0 spiro atoms. The largest absolute Gasteiger partial charge is 0.468 e. The first-order valence-electron chi connectivity index (χ1n) is 8.58. The molecule has 0 atom stereocenters. The minimum absolute atomic E-state index is 0.182. The number of aryl methyl sites for hydroxylation is 1. The first kappa shape index (κ1) is 19.4. The maximum atomic E-state index is 12.8. The number of hydrogen-bond donors (Lipinski definition) is 1. The molecule has 0 aromatic carbocycles. The van der Waals surface area contributed by atoms with Crippen LogP contribution in [0.15, 0.2) is 49.2 Å². The molecule has 4 rings (SSSR count). The number of fused-ring (bicyclic) bond motifs is 1. The molecule has 0 saturated carbocycles. The third kappa shape index (κ3) is 3.92. The van der Waals surface area contributed by atoms with Crippen LogP contribution in [0.2, 0.25) is 0 Å². The highest BCUT2D eigenvalue weighted by atomic mass is 19.4. The third-order valence-corrected chi connectivity index (χ3v) is 4.14. The van der Waals surface area contributed by atoms with Crippen molar-refractivity contribution in [3.63, 3.8) is 0 Å². The molecule has 30 heavy (non-hydrogen) atoms. The highest BCUT2D eigenvalue weighted by Gasteiger charge is 2.35. The number of ether oxygens (including phenoxy) is 1. The van der Waals surface area contributed by atoms with Gasteiger partial charge in [0.1, 0.15) is 5.69 Å². The summed E-state index contributed by atoms with van der Waals surface area (Å²) < 4.78 is 46.1. The summed E-state index contributed by atoms with van der Waals surface area (Å²) in [5, 5.41) is 5.88. The first-order valence-corrected chi connectivity index (χ1v) is 8.58. The molecule has 0 unspecified atom stereocenters. The number of nitrogens with one attached hydrogen (secondary N) is 1. The van der Waals surface area contributed by atoms with Crippen LogP contribution in [0.4, 0.5) is 19.0 Å². The molecule has 0 aliphatic rings. The third-order valence-electron chi connectivity index (χ3n) is 4.14. The number of anilines is 1. The van der Waals surface area contributed by atoms with Crippen LogP contribution < -0.4 is 10.1 Å². The van der Waals surface area contributed by atoms with Crippen molar-refractivity contribution in [3.8, 4) is 17.1 Å². The number of pyridine rings is 1. The second kappa shape index (κ2) is 7.46. The van der Waals surface area contributed by atoms with E-state index in [1.807, 2.05) is 4.40 Å². The summed E-state index contributed by atoms with van der Waals surface area (Å²) in [7, 11) is 1.14. The Morgan fingerprint density at radius 2 is 2.03 bits per heavy atom. The Balaban J connectivity index is 1.38. The minimum atomic E-state index is -4.57. The van der Waals surface area contributed by atoms with E-state index in [4.69, 9.17) is 4.74 Å². The number of imidazole rings is 1. The maximum Gasteiger partial charge on any atom is 0.433 e. The van der Waals surface area contributed by atoms with E-state index in [1.165, 1.54) is 0 Å². The molecule has 0 radical (unpaired) electrons. The van der Waals surface area contributed by atoms with Gasteiger partial charge in [-0.1, -0.05) is 0 Å². The van der Waals surface area contributed by atoms with Gasteiger partial charge in [-0.2, -0.15) is 18.3 Å². The molecule has 9 nitrogen and oxygen atoms in total. The van der Waals surface area contributed by atoms with E-state index in [0.29, 0.717) is 10.3 Å². The van der Waals surface area contributed by atoms with Crippen LogP contribution in [0.5, 0.6) is 5.88 Å². The lowest BCUT2D eigenvalue weighted by Crippen LogP contribution is -2.20. The first-order chi connectivity index (χ1) is 14.3. The van der Waals surface area contributed by atoms with Crippen LogP contribution in [0, 0.1) is 0 Å². The Hall–Kier alpha value is -3.96. The fourth-order valence-electron chi connectivity index (χ4n) is 2.79. The summed E-state index contributed by atoms with van der Waals surface area (Å²) in [4.78, 5) is 24.3. The Kier molecular flexibility index (Phi) is 4.82. The van der Waals surface area contributed by atoms with Gasteiger partial charge in [-0.25, -0.2) is 9.97 Å². The molecule has 0 bridgehead atoms. The Morgan fingerprint density at radius 1 is 1.20 bits per heavy atom. The van der Waals surface area contributed by atoms with E-state index in [0.717, 1.165) is 24.4 Å². The minimum Gasteiger partial charge on any atom is -0.468 e. The number of amides is 1. The topological polar surface area (TPSA) is 99.2 Å². The summed E-state index contributed by atoms with van der Waals surface area (Å²) >= 11 is 0. The van der Waals surface area contributed by atoms with Gasteiger partial charge in [-0.15, -0.1) is 0 Å². The molecule has 0 saturated heterocycles. The van der Waals surface area contributed by atoms with E-state index < -0.39 is 24.4 Å². The number of carbonyl (C=O) groups is 1. The Bertz CT molecular complexity index is 1200. The Labute approximate surface area is 167 Å². The molecule has 154 valence electrons. The van der Waals surface area contributed by atoms with Gasteiger partial charge in [-0.3, -0.25) is 18.9 Å². The number of halogens is 3. The van der Waals surface area contributed by atoms with Crippen molar-refractivity contribution in [3.05, 3.63) is 54.9 Å². The quantitative estimate of drug-likeness (QED) is 0.536. The van der Waals surface area contributed by atoms with E-state index in [-0.39, 0.29) is 11.7 Å². The van der Waals surface area contributed by atoms with Crippen LogP contribution in [-0.2, 0) is 18.0 Å². The fourth-order valence-corrected chi connectivity index (χ4v) is 2.79.